The molecule has 1 aliphatic heterocycles. The van der Waals surface area contributed by atoms with E-state index in [0.29, 0.717) is 23.0 Å². The van der Waals surface area contributed by atoms with Gasteiger partial charge in [-0.05, 0) is 36.5 Å². The van der Waals surface area contributed by atoms with E-state index in [4.69, 9.17) is 0 Å². The van der Waals surface area contributed by atoms with Crippen molar-refractivity contribution in [2.45, 2.75) is 59.5 Å². The Hall–Kier alpha value is -0.410. The maximum absolute atomic E-state index is 12.2. The second-order valence-electron chi connectivity index (χ2n) is 8.09. The topological polar surface area (TPSA) is 40.5 Å². The van der Waals surface area contributed by atoms with Crippen molar-refractivity contribution in [3.05, 3.63) is 0 Å². The van der Waals surface area contributed by atoms with Crippen LogP contribution in [0.2, 0.25) is 0 Å². The molecule has 0 aromatic rings. The molecule has 0 bridgehead atoms. The van der Waals surface area contributed by atoms with Crippen molar-refractivity contribution in [2.24, 2.45) is 23.2 Å². The van der Waals surface area contributed by atoms with Crippen molar-refractivity contribution in [1.29, 1.82) is 0 Å². The maximum atomic E-state index is 12.2. The van der Waals surface area contributed by atoms with Crippen molar-refractivity contribution in [1.82, 2.24) is 4.90 Å². The number of hydrogen-bond acceptors (Lipinski definition) is 3. The first-order valence-corrected chi connectivity index (χ1v) is 8.20. The van der Waals surface area contributed by atoms with E-state index < -0.39 is 0 Å². The van der Waals surface area contributed by atoms with Crippen LogP contribution in [0.5, 0.6) is 0 Å². The van der Waals surface area contributed by atoms with Crippen LogP contribution in [-0.2, 0) is 4.79 Å². The van der Waals surface area contributed by atoms with Crippen LogP contribution in [0, 0.1) is 23.2 Å². The molecule has 1 aliphatic carbocycles. The number of hydrogen-bond donors (Lipinski definition) is 1. The molecule has 4 atom stereocenters. The van der Waals surface area contributed by atoms with Gasteiger partial charge in [0, 0.05) is 32.0 Å². The molecule has 1 saturated carbocycles. The van der Waals surface area contributed by atoms with Crippen molar-refractivity contribution in [2.75, 3.05) is 19.6 Å². The fourth-order valence-corrected chi connectivity index (χ4v) is 3.77. The fraction of sp³-hybridized carbons (Fsp3) is 0.941. The van der Waals surface area contributed by atoms with E-state index in [2.05, 4.69) is 32.6 Å². The number of piperidine rings is 1. The first-order chi connectivity index (χ1) is 9.27. The Morgan fingerprint density at radius 3 is 2.60 bits per heavy atom. The molecule has 3 heteroatoms. The molecule has 0 aromatic carbocycles. The summed E-state index contributed by atoms with van der Waals surface area (Å²) in [6, 6.07) is 0. The first kappa shape index (κ1) is 16.0. The molecule has 1 saturated heterocycles. The third-order valence-corrected chi connectivity index (χ3v) is 5.41. The highest BCUT2D eigenvalue weighted by atomic mass is 16.3. The van der Waals surface area contributed by atoms with Gasteiger partial charge in [0.1, 0.15) is 5.78 Å². The van der Waals surface area contributed by atoms with E-state index in [9.17, 15) is 9.90 Å². The highest BCUT2D eigenvalue weighted by molar-refractivity contribution is 5.82. The Morgan fingerprint density at radius 2 is 2.00 bits per heavy atom. The summed E-state index contributed by atoms with van der Waals surface area (Å²) >= 11 is 0. The van der Waals surface area contributed by atoms with Gasteiger partial charge in [-0.3, -0.25) is 4.79 Å². The number of aliphatic hydroxyl groups is 1. The van der Waals surface area contributed by atoms with Gasteiger partial charge in [0.15, 0.2) is 0 Å². The molecule has 1 N–H and O–H groups in total. The zero-order valence-corrected chi connectivity index (χ0v) is 13.6. The summed E-state index contributed by atoms with van der Waals surface area (Å²) in [5, 5.41) is 9.81. The predicted octanol–water partition coefficient (Wildman–Crippen LogP) is 2.72. The van der Waals surface area contributed by atoms with E-state index in [1.54, 1.807) is 0 Å². The zero-order chi connectivity index (χ0) is 14.9. The molecule has 116 valence electrons. The van der Waals surface area contributed by atoms with E-state index in [1.807, 2.05) is 0 Å². The lowest BCUT2D eigenvalue weighted by atomic mass is 9.68. The highest BCUT2D eigenvalue weighted by Gasteiger charge is 2.36. The monoisotopic (exact) mass is 281 g/mol. The molecule has 20 heavy (non-hydrogen) atoms. The summed E-state index contributed by atoms with van der Waals surface area (Å²) in [4.78, 5) is 14.6. The molecule has 0 amide bonds. The van der Waals surface area contributed by atoms with Gasteiger partial charge in [-0.25, -0.2) is 0 Å². The molecule has 2 rings (SSSR count). The van der Waals surface area contributed by atoms with Crippen LogP contribution >= 0.6 is 0 Å². The van der Waals surface area contributed by atoms with Gasteiger partial charge in [0.25, 0.3) is 0 Å². The van der Waals surface area contributed by atoms with Gasteiger partial charge >= 0.3 is 0 Å². The largest absolute Gasteiger partial charge is 0.393 e. The fourth-order valence-electron chi connectivity index (χ4n) is 3.77. The number of likely N-dealkylation sites (tertiary alicyclic amines) is 1. The number of Topliss-reactive ketones (excluding diaryl/α,β-unsaturated/α-hetero) is 1. The van der Waals surface area contributed by atoms with E-state index in [1.165, 1.54) is 0 Å². The minimum absolute atomic E-state index is 0.157. The van der Waals surface area contributed by atoms with Crippen LogP contribution in [0.25, 0.3) is 0 Å². The summed E-state index contributed by atoms with van der Waals surface area (Å²) < 4.78 is 0. The maximum Gasteiger partial charge on any atom is 0.137 e. The lowest BCUT2D eigenvalue weighted by Crippen LogP contribution is -2.46. The third kappa shape index (κ3) is 3.82. The molecule has 0 spiro atoms. The van der Waals surface area contributed by atoms with Gasteiger partial charge in [-0.2, -0.15) is 0 Å². The second-order valence-corrected chi connectivity index (χ2v) is 8.09. The van der Waals surface area contributed by atoms with Gasteiger partial charge in [0.05, 0.1) is 6.10 Å². The van der Waals surface area contributed by atoms with Gasteiger partial charge in [-0.15, -0.1) is 0 Å². The number of aliphatic hydroxyl groups excluding tert-OH is 1. The molecular weight excluding hydrogens is 250 g/mol. The van der Waals surface area contributed by atoms with Crippen LogP contribution in [0.1, 0.15) is 53.4 Å². The van der Waals surface area contributed by atoms with Gasteiger partial charge < -0.3 is 10.0 Å². The molecule has 1 heterocycles. The molecule has 0 radical (unpaired) electrons. The minimum atomic E-state index is -0.157. The Labute approximate surface area is 123 Å². The SMILES string of the molecule is CC1CN(CC2CC(C(C)(C)C)CCC2=O)CCC1O. The number of ketones is 1. The van der Waals surface area contributed by atoms with Crippen LogP contribution in [0.15, 0.2) is 0 Å². The lowest BCUT2D eigenvalue weighted by Gasteiger charge is -2.40. The number of rotatable bonds is 2. The summed E-state index contributed by atoms with van der Waals surface area (Å²) in [6.45, 7) is 11.8. The van der Waals surface area contributed by atoms with Crippen LogP contribution < -0.4 is 0 Å². The second kappa shape index (κ2) is 6.15. The number of nitrogens with zero attached hydrogens (tertiary/aromatic N) is 1. The Kier molecular flexibility index (Phi) is 4.91. The van der Waals surface area contributed by atoms with E-state index in [0.717, 1.165) is 45.3 Å². The summed E-state index contributed by atoms with van der Waals surface area (Å²) in [5.74, 6) is 1.68. The van der Waals surface area contributed by atoms with Crippen molar-refractivity contribution in [3.63, 3.8) is 0 Å². The predicted molar refractivity (Wildman–Crippen MR) is 81.5 cm³/mol. The standard InChI is InChI=1S/C17H31NO2/c1-12-10-18(8-7-15(12)19)11-13-9-14(17(2,3)4)5-6-16(13)20/h12-15,19H,5-11H2,1-4H3. The highest BCUT2D eigenvalue weighted by Crippen LogP contribution is 2.39. The normalized spacial score (nSPS) is 37.1. The molecule has 3 nitrogen and oxygen atoms in total. The number of carbonyl (C=O) groups is 1. The summed E-state index contributed by atoms with van der Waals surface area (Å²) in [6.07, 6.45) is 3.57. The number of carbonyl (C=O) groups excluding carboxylic acids is 1. The zero-order valence-electron chi connectivity index (χ0n) is 13.6. The third-order valence-electron chi connectivity index (χ3n) is 5.41. The Bertz CT molecular complexity index is 347. The van der Waals surface area contributed by atoms with E-state index in [-0.39, 0.29) is 12.0 Å². The molecule has 2 fully saturated rings. The smallest absolute Gasteiger partial charge is 0.137 e. The molecule has 4 unspecified atom stereocenters. The molecule has 0 aromatic heterocycles. The minimum Gasteiger partial charge on any atom is -0.393 e. The lowest BCUT2D eigenvalue weighted by molar-refractivity contribution is -0.127. The van der Waals surface area contributed by atoms with E-state index >= 15 is 0 Å². The van der Waals surface area contributed by atoms with Crippen molar-refractivity contribution in [3.8, 4) is 0 Å². The van der Waals surface area contributed by atoms with Crippen LogP contribution in [0.3, 0.4) is 0 Å². The first-order valence-electron chi connectivity index (χ1n) is 8.20. The Balaban J connectivity index is 1.92. The quantitative estimate of drug-likeness (QED) is 0.846. The van der Waals surface area contributed by atoms with Crippen LogP contribution in [0.4, 0.5) is 0 Å². The molecule has 2 aliphatic rings. The summed E-state index contributed by atoms with van der Waals surface area (Å²) in [5.41, 5.74) is 0.310. The van der Waals surface area contributed by atoms with Gasteiger partial charge in [-0.1, -0.05) is 27.7 Å². The average Bonchev–Trinajstić information content (AvgIpc) is 2.35. The van der Waals surface area contributed by atoms with Crippen LogP contribution in [-0.4, -0.2) is 41.5 Å². The van der Waals surface area contributed by atoms with Crippen molar-refractivity contribution >= 4 is 5.78 Å². The van der Waals surface area contributed by atoms with Crippen molar-refractivity contribution < 1.29 is 9.90 Å². The summed E-state index contributed by atoms with van der Waals surface area (Å²) in [7, 11) is 0. The van der Waals surface area contributed by atoms with Gasteiger partial charge in [0.2, 0.25) is 0 Å². The Morgan fingerprint density at radius 1 is 1.30 bits per heavy atom. The average molecular weight is 281 g/mol. The molecular formula is C17H31NO2.